The second-order valence-corrected chi connectivity index (χ2v) is 6.37. The first-order valence-electron chi connectivity index (χ1n) is 8.63. The average molecular weight is 352 g/mol. The summed E-state index contributed by atoms with van der Waals surface area (Å²) in [4.78, 5) is 12.4. The number of pyridine rings is 2. The van der Waals surface area contributed by atoms with Crippen molar-refractivity contribution in [2.45, 2.75) is 0 Å². The standard InChI is InChI=1S/C22H16N4O/c1-27-22(23)15-6-3-2-5-13(15)16-11-19-20(21-14(16)7-4-9-25-21)17-12-24-10-8-18(17)26-19/h2-12,23,26H,1H3. The molecule has 0 fully saturated rings. The molecule has 3 heterocycles. The number of hydrogen-bond acceptors (Lipinski definition) is 4. The van der Waals surface area contributed by atoms with Crippen LogP contribution in [-0.2, 0) is 4.74 Å². The van der Waals surface area contributed by atoms with Crippen LogP contribution in [0.15, 0.2) is 67.1 Å². The van der Waals surface area contributed by atoms with Crippen molar-refractivity contribution in [3.05, 3.63) is 72.7 Å². The monoisotopic (exact) mass is 352 g/mol. The summed E-state index contributed by atoms with van der Waals surface area (Å²) in [5, 5.41) is 11.3. The van der Waals surface area contributed by atoms with E-state index in [4.69, 9.17) is 10.1 Å². The predicted molar refractivity (Wildman–Crippen MR) is 108 cm³/mol. The van der Waals surface area contributed by atoms with Crippen LogP contribution < -0.4 is 0 Å². The van der Waals surface area contributed by atoms with Crippen LogP contribution in [0.5, 0.6) is 0 Å². The van der Waals surface area contributed by atoms with E-state index in [9.17, 15) is 0 Å². The minimum atomic E-state index is 0.142. The maximum absolute atomic E-state index is 8.17. The normalized spacial score (nSPS) is 11.3. The fraction of sp³-hybridized carbons (Fsp3) is 0.0455. The van der Waals surface area contributed by atoms with Crippen molar-refractivity contribution >= 4 is 38.6 Å². The number of nitrogens with one attached hydrogen (secondary N) is 2. The second kappa shape index (κ2) is 5.92. The molecule has 0 unspecified atom stereocenters. The summed E-state index contributed by atoms with van der Waals surface area (Å²) in [7, 11) is 1.52. The topological polar surface area (TPSA) is 74.7 Å². The van der Waals surface area contributed by atoms with Gasteiger partial charge in [-0.2, -0.15) is 0 Å². The van der Waals surface area contributed by atoms with Crippen LogP contribution in [0.1, 0.15) is 5.56 Å². The maximum Gasteiger partial charge on any atom is 0.213 e. The Kier molecular flexibility index (Phi) is 3.40. The number of rotatable bonds is 2. The van der Waals surface area contributed by atoms with E-state index in [2.05, 4.69) is 27.1 Å². The highest BCUT2D eigenvalue weighted by molar-refractivity contribution is 6.22. The average Bonchev–Trinajstić information content (AvgIpc) is 3.11. The molecule has 3 aromatic heterocycles. The summed E-state index contributed by atoms with van der Waals surface area (Å²) < 4.78 is 5.20. The van der Waals surface area contributed by atoms with Gasteiger partial charge in [-0.05, 0) is 35.4 Å². The summed E-state index contributed by atoms with van der Waals surface area (Å²) in [5.74, 6) is 0.142. The Morgan fingerprint density at radius 3 is 2.74 bits per heavy atom. The van der Waals surface area contributed by atoms with Gasteiger partial charge in [0.2, 0.25) is 5.90 Å². The van der Waals surface area contributed by atoms with Crippen molar-refractivity contribution in [3.8, 4) is 11.1 Å². The summed E-state index contributed by atoms with van der Waals surface area (Å²) >= 11 is 0. The molecule has 27 heavy (non-hydrogen) atoms. The molecular weight excluding hydrogens is 336 g/mol. The van der Waals surface area contributed by atoms with Crippen LogP contribution in [0.25, 0.3) is 43.8 Å². The Labute approximate surface area is 155 Å². The quantitative estimate of drug-likeness (QED) is 0.350. The molecule has 2 aromatic carbocycles. The molecule has 0 aliphatic carbocycles. The lowest BCUT2D eigenvalue weighted by Gasteiger charge is -2.13. The van der Waals surface area contributed by atoms with Gasteiger partial charge in [0, 0.05) is 51.3 Å². The Balaban J connectivity index is 1.94. The van der Waals surface area contributed by atoms with E-state index in [1.165, 1.54) is 7.11 Å². The van der Waals surface area contributed by atoms with E-state index >= 15 is 0 Å². The van der Waals surface area contributed by atoms with Gasteiger partial charge < -0.3 is 9.72 Å². The van der Waals surface area contributed by atoms with Gasteiger partial charge in [0.25, 0.3) is 0 Å². The smallest absolute Gasteiger partial charge is 0.213 e. The van der Waals surface area contributed by atoms with Gasteiger partial charge in [-0.15, -0.1) is 0 Å². The molecule has 5 heteroatoms. The van der Waals surface area contributed by atoms with Crippen molar-refractivity contribution in [1.82, 2.24) is 15.0 Å². The van der Waals surface area contributed by atoms with E-state index in [-0.39, 0.29) is 5.90 Å². The third kappa shape index (κ3) is 2.29. The lowest BCUT2D eigenvalue weighted by molar-refractivity contribution is 0.401. The molecule has 0 spiro atoms. The Morgan fingerprint density at radius 1 is 0.963 bits per heavy atom. The van der Waals surface area contributed by atoms with Crippen molar-refractivity contribution in [3.63, 3.8) is 0 Å². The third-order valence-electron chi connectivity index (χ3n) is 4.92. The van der Waals surface area contributed by atoms with Gasteiger partial charge in [-0.3, -0.25) is 15.4 Å². The first-order chi connectivity index (χ1) is 13.3. The zero-order valence-corrected chi connectivity index (χ0v) is 14.7. The largest absolute Gasteiger partial charge is 0.481 e. The number of methoxy groups -OCH3 is 1. The van der Waals surface area contributed by atoms with E-state index in [1.807, 2.05) is 48.8 Å². The number of nitrogens with zero attached hydrogens (tertiary/aromatic N) is 2. The van der Waals surface area contributed by atoms with Crippen LogP contribution in [0.3, 0.4) is 0 Å². The number of hydrogen-bond donors (Lipinski definition) is 2. The number of aromatic nitrogens is 3. The lowest BCUT2D eigenvalue weighted by Crippen LogP contribution is -2.03. The third-order valence-corrected chi connectivity index (χ3v) is 4.92. The number of aromatic amines is 1. The fourth-order valence-electron chi connectivity index (χ4n) is 3.71. The summed E-state index contributed by atoms with van der Waals surface area (Å²) in [6.45, 7) is 0. The van der Waals surface area contributed by atoms with Crippen molar-refractivity contribution in [1.29, 1.82) is 5.41 Å². The van der Waals surface area contributed by atoms with Crippen molar-refractivity contribution in [2.75, 3.05) is 7.11 Å². The molecule has 0 amide bonds. The minimum absolute atomic E-state index is 0.142. The van der Waals surface area contributed by atoms with Gasteiger partial charge >= 0.3 is 0 Å². The van der Waals surface area contributed by atoms with Crippen LogP contribution in [0.2, 0.25) is 0 Å². The Hall–Kier alpha value is -3.73. The molecule has 0 atom stereocenters. The van der Waals surface area contributed by atoms with Gasteiger partial charge in [-0.1, -0.05) is 24.3 Å². The number of fused-ring (bicyclic) bond motifs is 5. The van der Waals surface area contributed by atoms with Gasteiger partial charge in [0.1, 0.15) is 0 Å². The zero-order valence-electron chi connectivity index (χ0n) is 14.7. The van der Waals surface area contributed by atoms with E-state index in [0.29, 0.717) is 0 Å². The molecular formula is C22H16N4O. The van der Waals surface area contributed by atoms with E-state index in [1.54, 1.807) is 6.20 Å². The van der Waals surface area contributed by atoms with Gasteiger partial charge in [0.05, 0.1) is 12.6 Å². The molecule has 2 N–H and O–H groups in total. The van der Waals surface area contributed by atoms with Crippen LogP contribution in [0.4, 0.5) is 0 Å². The molecule has 5 rings (SSSR count). The van der Waals surface area contributed by atoms with Crippen LogP contribution in [-0.4, -0.2) is 28.0 Å². The zero-order chi connectivity index (χ0) is 18.4. The highest BCUT2D eigenvalue weighted by Crippen LogP contribution is 2.38. The van der Waals surface area contributed by atoms with E-state index < -0.39 is 0 Å². The molecule has 0 saturated heterocycles. The predicted octanol–water partition coefficient (Wildman–Crippen LogP) is 4.90. The highest BCUT2D eigenvalue weighted by atomic mass is 16.5. The molecule has 0 aliphatic heterocycles. The first-order valence-corrected chi connectivity index (χ1v) is 8.63. The Morgan fingerprint density at radius 2 is 1.85 bits per heavy atom. The second-order valence-electron chi connectivity index (χ2n) is 6.37. The molecule has 0 bridgehead atoms. The van der Waals surface area contributed by atoms with Gasteiger partial charge in [0.15, 0.2) is 0 Å². The SMILES string of the molecule is COC(=N)c1ccccc1-c1cc2[nH]c3ccncc3c2c2ncccc12. The van der Waals surface area contributed by atoms with Crippen molar-refractivity contribution < 1.29 is 4.74 Å². The van der Waals surface area contributed by atoms with E-state index in [0.717, 1.165) is 49.4 Å². The Bertz CT molecular complexity index is 1340. The molecule has 0 radical (unpaired) electrons. The minimum Gasteiger partial charge on any atom is -0.481 e. The maximum atomic E-state index is 8.17. The van der Waals surface area contributed by atoms with Crippen LogP contribution in [0, 0.1) is 5.41 Å². The first kappa shape index (κ1) is 15.5. The molecule has 0 aliphatic rings. The van der Waals surface area contributed by atoms with Crippen molar-refractivity contribution in [2.24, 2.45) is 0 Å². The molecule has 0 saturated carbocycles. The summed E-state index contributed by atoms with van der Waals surface area (Å²) in [6, 6.07) is 15.9. The number of ether oxygens (including phenoxy) is 1. The van der Waals surface area contributed by atoms with Gasteiger partial charge in [-0.25, -0.2) is 0 Å². The molecule has 130 valence electrons. The summed E-state index contributed by atoms with van der Waals surface area (Å²) in [6.07, 6.45) is 5.46. The van der Waals surface area contributed by atoms with Crippen LogP contribution >= 0.6 is 0 Å². The highest BCUT2D eigenvalue weighted by Gasteiger charge is 2.17. The molecule has 5 aromatic rings. The number of H-pyrrole nitrogens is 1. The number of benzene rings is 2. The lowest BCUT2D eigenvalue weighted by atomic mass is 9.94. The summed E-state index contributed by atoms with van der Waals surface area (Å²) in [5.41, 5.74) is 5.66. The molecule has 5 nitrogen and oxygen atoms in total. The fourth-order valence-corrected chi connectivity index (χ4v) is 3.71.